The topological polar surface area (TPSA) is 38.3 Å². The van der Waals surface area contributed by atoms with Gasteiger partial charge in [-0.05, 0) is 24.4 Å². The molecule has 1 amide bonds. The van der Waals surface area contributed by atoms with Gasteiger partial charge in [-0.15, -0.1) is 11.3 Å². The van der Waals surface area contributed by atoms with Gasteiger partial charge >= 0.3 is 0 Å². The largest absolute Gasteiger partial charge is 0.383 e. The number of rotatable bonds is 4. The highest BCUT2D eigenvalue weighted by molar-refractivity contribution is 7.20. The zero-order chi connectivity index (χ0) is 12.3. The quantitative estimate of drug-likeness (QED) is 0.904. The lowest BCUT2D eigenvalue weighted by Gasteiger charge is -2.11. The van der Waals surface area contributed by atoms with Gasteiger partial charge in [0.25, 0.3) is 5.91 Å². The van der Waals surface area contributed by atoms with Gasteiger partial charge in [-0.3, -0.25) is 4.79 Å². The number of carbonyl (C=O) groups excluding carboxylic acids is 1. The Morgan fingerprint density at radius 2 is 2.24 bits per heavy atom. The summed E-state index contributed by atoms with van der Waals surface area (Å²) in [7, 11) is 1.63. The van der Waals surface area contributed by atoms with E-state index in [0.29, 0.717) is 6.61 Å². The monoisotopic (exact) mass is 249 g/mol. The maximum Gasteiger partial charge on any atom is 0.261 e. The molecule has 2 rings (SSSR count). The van der Waals surface area contributed by atoms with Gasteiger partial charge in [0.05, 0.1) is 11.5 Å². The van der Waals surface area contributed by atoms with Gasteiger partial charge in [0.15, 0.2) is 0 Å². The van der Waals surface area contributed by atoms with E-state index in [2.05, 4.69) is 5.32 Å². The van der Waals surface area contributed by atoms with Gasteiger partial charge in [0.1, 0.15) is 0 Å². The van der Waals surface area contributed by atoms with Gasteiger partial charge in [-0.25, -0.2) is 0 Å². The average molecular weight is 249 g/mol. The zero-order valence-electron chi connectivity index (χ0n) is 9.90. The number of hydrogen-bond acceptors (Lipinski definition) is 3. The third kappa shape index (κ3) is 2.84. The molecule has 0 saturated heterocycles. The maximum absolute atomic E-state index is 11.9. The molecule has 0 aliphatic carbocycles. The van der Waals surface area contributed by atoms with E-state index in [1.165, 1.54) is 11.3 Å². The van der Waals surface area contributed by atoms with Crippen LogP contribution in [0.2, 0.25) is 0 Å². The van der Waals surface area contributed by atoms with E-state index in [1.54, 1.807) is 7.11 Å². The lowest BCUT2D eigenvalue weighted by Crippen LogP contribution is -2.35. The van der Waals surface area contributed by atoms with Crippen LogP contribution < -0.4 is 5.32 Å². The SMILES string of the molecule is COCC(C)NC(=O)c1cc2ccccc2s1. The highest BCUT2D eigenvalue weighted by atomic mass is 32.1. The van der Waals surface area contributed by atoms with Crippen LogP contribution in [0.1, 0.15) is 16.6 Å². The molecule has 0 aliphatic heterocycles. The zero-order valence-corrected chi connectivity index (χ0v) is 10.7. The summed E-state index contributed by atoms with van der Waals surface area (Å²) in [5.74, 6) is -0.0317. The first-order valence-electron chi connectivity index (χ1n) is 5.49. The summed E-state index contributed by atoms with van der Waals surface area (Å²) in [6.07, 6.45) is 0. The number of nitrogens with one attached hydrogen (secondary N) is 1. The fraction of sp³-hybridized carbons (Fsp3) is 0.308. The summed E-state index contributed by atoms with van der Waals surface area (Å²) in [6, 6.07) is 9.95. The molecule has 3 nitrogen and oxygen atoms in total. The summed E-state index contributed by atoms with van der Waals surface area (Å²) in [5, 5.41) is 4.02. The Kier molecular flexibility index (Phi) is 3.76. The maximum atomic E-state index is 11.9. The molecule has 17 heavy (non-hydrogen) atoms. The van der Waals surface area contributed by atoms with Crippen LogP contribution in [-0.4, -0.2) is 25.7 Å². The van der Waals surface area contributed by atoms with Crippen LogP contribution >= 0.6 is 11.3 Å². The summed E-state index contributed by atoms with van der Waals surface area (Å²) in [4.78, 5) is 12.7. The molecule has 1 heterocycles. The smallest absolute Gasteiger partial charge is 0.261 e. The molecule has 2 aromatic rings. The van der Waals surface area contributed by atoms with Gasteiger partial charge in [-0.1, -0.05) is 18.2 Å². The summed E-state index contributed by atoms with van der Waals surface area (Å²) < 4.78 is 6.12. The number of hydrogen-bond donors (Lipinski definition) is 1. The van der Waals surface area contributed by atoms with Crippen molar-refractivity contribution in [3.05, 3.63) is 35.2 Å². The van der Waals surface area contributed by atoms with Crippen LogP contribution in [0.5, 0.6) is 0 Å². The molecule has 1 atom stereocenters. The average Bonchev–Trinajstić information content (AvgIpc) is 2.72. The van der Waals surface area contributed by atoms with Crippen molar-refractivity contribution in [3.63, 3.8) is 0 Å². The van der Waals surface area contributed by atoms with E-state index >= 15 is 0 Å². The minimum absolute atomic E-state index is 0.0257. The molecule has 0 saturated carbocycles. The van der Waals surface area contributed by atoms with Gasteiger partial charge in [-0.2, -0.15) is 0 Å². The molecule has 0 spiro atoms. The van der Waals surface area contributed by atoms with E-state index < -0.39 is 0 Å². The fourth-order valence-electron chi connectivity index (χ4n) is 1.68. The first kappa shape index (κ1) is 12.1. The van der Waals surface area contributed by atoms with Crippen LogP contribution in [0.4, 0.5) is 0 Å². The van der Waals surface area contributed by atoms with Gasteiger partial charge in [0.2, 0.25) is 0 Å². The standard InChI is InChI=1S/C13H15NO2S/c1-9(8-16-2)14-13(15)12-7-10-5-3-4-6-11(10)17-12/h3-7,9H,8H2,1-2H3,(H,14,15). The molecule has 90 valence electrons. The Balaban J connectivity index is 2.13. The van der Waals surface area contributed by atoms with E-state index in [9.17, 15) is 4.79 Å². The molecule has 1 aromatic carbocycles. The van der Waals surface area contributed by atoms with E-state index in [0.717, 1.165) is 15.0 Å². The Morgan fingerprint density at radius 3 is 2.94 bits per heavy atom. The first-order chi connectivity index (χ1) is 8.20. The van der Waals surface area contributed by atoms with Crippen molar-refractivity contribution in [3.8, 4) is 0 Å². The minimum atomic E-state index is -0.0317. The molecule has 1 unspecified atom stereocenters. The molecule has 1 N–H and O–H groups in total. The number of carbonyl (C=O) groups is 1. The molecular weight excluding hydrogens is 234 g/mol. The predicted octanol–water partition coefficient (Wildman–Crippen LogP) is 2.67. The van der Waals surface area contributed by atoms with Crippen LogP contribution in [0.3, 0.4) is 0 Å². The normalized spacial score (nSPS) is 12.6. The lowest BCUT2D eigenvalue weighted by atomic mass is 10.2. The molecule has 1 aromatic heterocycles. The Hall–Kier alpha value is -1.39. The van der Waals surface area contributed by atoms with Crippen molar-refractivity contribution < 1.29 is 9.53 Å². The number of amides is 1. The van der Waals surface area contributed by atoms with Crippen molar-refractivity contribution in [1.82, 2.24) is 5.32 Å². The van der Waals surface area contributed by atoms with Gasteiger partial charge in [0, 0.05) is 17.9 Å². The van der Waals surface area contributed by atoms with Crippen molar-refractivity contribution in [2.75, 3.05) is 13.7 Å². The Morgan fingerprint density at radius 1 is 1.47 bits per heavy atom. The van der Waals surface area contributed by atoms with E-state index in [-0.39, 0.29) is 11.9 Å². The van der Waals surface area contributed by atoms with Crippen LogP contribution in [0.15, 0.2) is 30.3 Å². The highest BCUT2D eigenvalue weighted by Crippen LogP contribution is 2.25. The summed E-state index contributed by atoms with van der Waals surface area (Å²) in [5.41, 5.74) is 0. The molecular formula is C13H15NO2S. The second-order valence-electron chi connectivity index (χ2n) is 3.98. The number of benzene rings is 1. The van der Waals surface area contributed by atoms with Crippen molar-refractivity contribution in [2.24, 2.45) is 0 Å². The van der Waals surface area contributed by atoms with E-state index in [1.807, 2.05) is 37.3 Å². The fourth-order valence-corrected chi connectivity index (χ4v) is 2.65. The lowest BCUT2D eigenvalue weighted by molar-refractivity contribution is 0.0909. The molecule has 4 heteroatoms. The second-order valence-corrected chi connectivity index (χ2v) is 5.06. The number of thiophene rings is 1. The number of methoxy groups -OCH3 is 1. The van der Waals surface area contributed by atoms with Crippen molar-refractivity contribution in [2.45, 2.75) is 13.0 Å². The summed E-state index contributed by atoms with van der Waals surface area (Å²) >= 11 is 1.51. The first-order valence-corrected chi connectivity index (χ1v) is 6.30. The van der Waals surface area contributed by atoms with Crippen molar-refractivity contribution >= 4 is 27.3 Å². The number of ether oxygens (including phenoxy) is 1. The molecule has 0 radical (unpaired) electrons. The van der Waals surface area contributed by atoms with Crippen LogP contribution in [-0.2, 0) is 4.74 Å². The van der Waals surface area contributed by atoms with Crippen LogP contribution in [0, 0.1) is 0 Å². The highest BCUT2D eigenvalue weighted by Gasteiger charge is 2.12. The van der Waals surface area contributed by atoms with Gasteiger partial charge < -0.3 is 10.1 Å². The number of fused-ring (bicyclic) bond motifs is 1. The molecule has 0 bridgehead atoms. The third-order valence-electron chi connectivity index (χ3n) is 2.44. The molecule has 0 fully saturated rings. The third-order valence-corrected chi connectivity index (χ3v) is 3.56. The minimum Gasteiger partial charge on any atom is -0.383 e. The summed E-state index contributed by atoms with van der Waals surface area (Å²) in [6.45, 7) is 2.45. The Bertz CT molecular complexity index is 488. The van der Waals surface area contributed by atoms with E-state index in [4.69, 9.17) is 4.74 Å². The van der Waals surface area contributed by atoms with Crippen LogP contribution in [0.25, 0.3) is 10.1 Å². The Labute approximate surface area is 104 Å². The predicted molar refractivity (Wildman–Crippen MR) is 70.6 cm³/mol. The second kappa shape index (κ2) is 5.29. The van der Waals surface area contributed by atoms with Crippen molar-refractivity contribution in [1.29, 1.82) is 0 Å². The molecule has 0 aliphatic rings.